The fraction of sp³-hybridized carbons (Fsp3) is 0.800. The molecular weight excluding hydrogens is 152 g/mol. The molecule has 0 nitrogen and oxygen atoms in total. The van der Waals surface area contributed by atoms with E-state index in [0.717, 1.165) is 5.25 Å². The summed E-state index contributed by atoms with van der Waals surface area (Å²) in [5, 5.41) is 3.77. The van der Waals surface area contributed by atoms with E-state index in [2.05, 4.69) is 13.0 Å². The molecule has 4 rings (SSSR count). The number of allylic oxidation sites excluding steroid dienone is 1. The zero-order valence-electron chi connectivity index (χ0n) is 6.92. The van der Waals surface area contributed by atoms with Crippen LogP contribution in [0.15, 0.2) is 11.6 Å². The van der Waals surface area contributed by atoms with E-state index in [1.54, 1.807) is 17.7 Å². The van der Waals surface area contributed by atoms with Crippen molar-refractivity contribution in [3.05, 3.63) is 11.6 Å². The molecule has 3 saturated heterocycles. The van der Waals surface area contributed by atoms with Crippen LogP contribution in [0.5, 0.6) is 0 Å². The standard InChI is InChI=1S/C10H14S/c1-6-2-3-7-8(4-6)11-5-9(11)10(7)11/h4,7-10H,2-3,5H2,1H3. The summed E-state index contributed by atoms with van der Waals surface area (Å²) < 4.78 is 0. The van der Waals surface area contributed by atoms with Gasteiger partial charge in [0, 0.05) is 15.7 Å². The first-order valence-corrected chi connectivity index (χ1v) is 6.78. The van der Waals surface area contributed by atoms with Gasteiger partial charge < -0.3 is 0 Å². The summed E-state index contributed by atoms with van der Waals surface area (Å²) in [6.45, 7) is 2.33. The summed E-state index contributed by atoms with van der Waals surface area (Å²) in [5.74, 6) is 2.87. The minimum atomic E-state index is 0.142. The third kappa shape index (κ3) is 0.411. The lowest BCUT2D eigenvalue weighted by Gasteiger charge is -2.46. The van der Waals surface area contributed by atoms with Crippen LogP contribution in [-0.2, 0) is 0 Å². The molecule has 0 saturated carbocycles. The third-order valence-corrected chi connectivity index (χ3v) is 9.34. The fourth-order valence-corrected chi connectivity index (χ4v) is 9.42. The normalized spacial score (nSPS) is 74.1. The minimum Gasteiger partial charge on any atom is -0.225 e. The van der Waals surface area contributed by atoms with E-state index in [0.29, 0.717) is 0 Å². The Morgan fingerprint density at radius 2 is 2.45 bits per heavy atom. The molecule has 5 atom stereocenters. The van der Waals surface area contributed by atoms with Crippen LogP contribution in [-0.4, -0.2) is 21.5 Å². The van der Waals surface area contributed by atoms with Gasteiger partial charge in [-0.1, -0.05) is 11.6 Å². The van der Waals surface area contributed by atoms with Gasteiger partial charge in [0.15, 0.2) is 0 Å². The molecule has 0 amide bonds. The monoisotopic (exact) mass is 166 g/mol. The largest absolute Gasteiger partial charge is 0.225 e. The van der Waals surface area contributed by atoms with Crippen molar-refractivity contribution in [2.24, 2.45) is 5.92 Å². The second-order valence-corrected chi connectivity index (χ2v) is 8.60. The van der Waals surface area contributed by atoms with Gasteiger partial charge in [0.1, 0.15) is 0 Å². The second-order valence-electron chi connectivity index (χ2n) is 4.76. The molecule has 1 aliphatic carbocycles. The third-order valence-electron chi connectivity index (χ3n) is 4.37. The maximum atomic E-state index is 2.65. The highest BCUT2D eigenvalue weighted by Crippen LogP contribution is 3.02. The Kier molecular flexibility index (Phi) is 0.685. The lowest BCUT2D eigenvalue weighted by atomic mass is 9.86. The average molecular weight is 166 g/mol. The van der Waals surface area contributed by atoms with Crippen LogP contribution in [0.2, 0.25) is 0 Å². The highest BCUT2D eigenvalue weighted by Gasteiger charge is 2.87. The van der Waals surface area contributed by atoms with E-state index in [9.17, 15) is 0 Å². The molecule has 0 aromatic heterocycles. The van der Waals surface area contributed by atoms with Crippen LogP contribution in [0.3, 0.4) is 0 Å². The van der Waals surface area contributed by atoms with Crippen molar-refractivity contribution in [1.82, 2.24) is 0 Å². The van der Waals surface area contributed by atoms with Crippen molar-refractivity contribution in [1.29, 1.82) is 0 Å². The Balaban J connectivity index is 1.78. The number of fused-ring (bicyclic) bond motifs is 3. The zero-order chi connectivity index (χ0) is 7.22. The van der Waals surface area contributed by atoms with E-state index in [1.807, 2.05) is 0 Å². The lowest BCUT2D eigenvalue weighted by molar-refractivity contribution is 0.451. The van der Waals surface area contributed by atoms with Gasteiger partial charge in [0.25, 0.3) is 0 Å². The maximum Gasteiger partial charge on any atom is 0.0116 e. The molecule has 1 heteroatoms. The molecule has 5 unspecified atom stereocenters. The van der Waals surface area contributed by atoms with Gasteiger partial charge in [-0.2, -0.15) is 0 Å². The van der Waals surface area contributed by atoms with Crippen LogP contribution in [0.1, 0.15) is 19.8 Å². The molecule has 0 aromatic carbocycles. The summed E-state index contributed by atoms with van der Waals surface area (Å²) in [4.78, 5) is 0. The summed E-state index contributed by atoms with van der Waals surface area (Å²) in [7, 11) is 0.142. The van der Waals surface area contributed by atoms with E-state index < -0.39 is 0 Å². The van der Waals surface area contributed by atoms with Gasteiger partial charge >= 0.3 is 0 Å². The highest BCUT2D eigenvalue weighted by atomic mass is 32.3. The molecule has 60 valence electrons. The fourth-order valence-electron chi connectivity index (χ4n) is 3.64. The Morgan fingerprint density at radius 3 is 3.27 bits per heavy atom. The molecule has 3 heterocycles. The maximum absolute atomic E-state index is 2.65. The van der Waals surface area contributed by atoms with Crippen LogP contribution in [0.4, 0.5) is 0 Å². The number of hydrogen-bond donors (Lipinski definition) is 0. The summed E-state index contributed by atoms with van der Waals surface area (Å²) >= 11 is 0. The second kappa shape index (κ2) is 1.32. The van der Waals surface area contributed by atoms with Gasteiger partial charge in [-0.05, 0) is 31.4 Å². The van der Waals surface area contributed by atoms with Crippen molar-refractivity contribution in [2.75, 3.05) is 5.75 Å². The first-order chi connectivity index (χ1) is 5.34. The molecule has 3 aliphatic heterocycles. The van der Waals surface area contributed by atoms with Gasteiger partial charge in [-0.3, -0.25) is 0 Å². The summed E-state index contributed by atoms with van der Waals surface area (Å²) in [6.07, 6.45) is 5.61. The first-order valence-electron chi connectivity index (χ1n) is 4.79. The molecule has 0 aromatic rings. The van der Waals surface area contributed by atoms with Gasteiger partial charge in [0.05, 0.1) is 0 Å². The Labute approximate surface area is 69.4 Å². The summed E-state index contributed by atoms with van der Waals surface area (Å²) in [6, 6.07) is 0. The van der Waals surface area contributed by atoms with Crippen molar-refractivity contribution in [3.8, 4) is 0 Å². The summed E-state index contributed by atoms with van der Waals surface area (Å²) in [5.41, 5.74) is 1.70. The first kappa shape index (κ1) is 5.69. The van der Waals surface area contributed by atoms with Gasteiger partial charge in [-0.15, -0.1) is 0 Å². The Morgan fingerprint density at radius 1 is 1.55 bits per heavy atom. The molecule has 11 heavy (non-hydrogen) atoms. The van der Waals surface area contributed by atoms with Gasteiger partial charge in [0.2, 0.25) is 0 Å². The quantitative estimate of drug-likeness (QED) is 0.382. The molecule has 4 aliphatic rings. The number of rotatable bonds is 0. The van der Waals surface area contributed by atoms with Crippen LogP contribution < -0.4 is 0 Å². The minimum absolute atomic E-state index is 0.142. The van der Waals surface area contributed by atoms with E-state index in [4.69, 9.17) is 0 Å². The molecule has 0 bridgehead atoms. The molecular formula is C10H14S. The predicted molar refractivity (Wildman–Crippen MR) is 50.3 cm³/mol. The van der Waals surface area contributed by atoms with Crippen molar-refractivity contribution < 1.29 is 0 Å². The van der Waals surface area contributed by atoms with Crippen LogP contribution in [0, 0.1) is 5.92 Å². The van der Waals surface area contributed by atoms with Crippen molar-refractivity contribution in [2.45, 2.75) is 35.5 Å². The molecule has 3 fully saturated rings. The van der Waals surface area contributed by atoms with Crippen molar-refractivity contribution in [3.63, 3.8) is 0 Å². The average Bonchev–Trinajstić information content (AvgIpc) is 2.78. The molecule has 0 radical (unpaired) electrons. The zero-order valence-corrected chi connectivity index (χ0v) is 7.73. The van der Waals surface area contributed by atoms with Gasteiger partial charge in [-0.25, -0.2) is 10.0 Å². The van der Waals surface area contributed by atoms with Crippen LogP contribution >= 0.6 is 10.0 Å². The van der Waals surface area contributed by atoms with Crippen molar-refractivity contribution >= 4 is 10.0 Å². The highest BCUT2D eigenvalue weighted by molar-refractivity contribution is 8.49. The number of hydrogen-bond acceptors (Lipinski definition) is 0. The SMILES string of the molecule is CC1=CC2C(CC1)C1C3CS231. The van der Waals surface area contributed by atoms with E-state index in [1.165, 1.54) is 22.8 Å². The smallest absolute Gasteiger partial charge is 0.0116 e. The Bertz CT molecular complexity index is 281. The molecule has 1 spiro atoms. The van der Waals surface area contributed by atoms with E-state index >= 15 is 0 Å². The lowest BCUT2D eigenvalue weighted by Crippen LogP contribution is -2.39. The topological polar surface area (TPSA) is 0 Å². The Hall–Kier alpha value is 0.0900. The predicted octanol–water partition coefficient (Wildman–Crippen LogP) is 2.29. The van der Waals surface area contributed by atoms with Crippen LogP contribution in [0.25, 0.3) is 0 Å². The van der Waals surface area contributed by atoms with E-state index in [-0.39, 0.29) is 10.0 Å². The molecule has 0 N–H and O–H groups in total.